The van der Waals surface area contributed by atoms with Crippen molar-refractivity contribution in [2.24, 2.45) is 14.1 Å². The maximum atomic E-state index is 14.2. The molecule has 0 fully saturated rings. The maximum Gasteiger partial charge on any atom is 0.335 e. The molecule has 0 saturated carbocycles. The van der Waals surface area contributed by atoms with Crippen molar-refractivity contribution < 1.29 is 64.0 Å². The third-order valence-electron chi connectivity index (χ3n) is 7.28. The Morgan fingerprint density at radius 2 is 1.32 bits per heavy atom. The molecule has 28 nitrogen and oxygen atoms in total. The van der Waals surface area contributed by atoms with E-state index in [0.29, 0.717) is 0 Å². The summed E-state index contributed by atoms with van der Waals surface area (Å²) in [6.07, 6.45) is -1.07. The summed E-state index contributed by atoms with van der Waals surface area (Å²) in [6.45, 7) is 0.576. The third-order valence-corrected chi connectivity index (χ3v) is 10.1. The fraction of sp³-hybridized carbons (Fsp3) is 0.355. The van der Waals surface area contributed by atoms with Gasteiger partial charge in [0.15, 0.2) is 11.1 Å². The van der Waals surface area contributed by atoms with E-state index in [1.165, 1.54) is 80.2 Å². The molecule has 31 heteroatoms. The Labute approximate surface area is 351 Å². The second-order valence-electron chi connectivity index (χ2n) is 11.7. The first-order valence-corrected chi connectivity index (χ1v) is 20.0. The number of methoxy groups -OCH3 is 5. The van der Waals surface area contributed by atoms with Crippen LogP contribution in [0.2, 0.25) is 0 Å². The number of carbonyl (C=O) groups excluding carboxylic acids is 3. The van der Waals surface area contributed by atoms with Crippen molar-refractivity contribution in [1.82, 2.24) is 64.4 Å². The Hall–Kier alpha value is -7.41. The molecule has 334 valence electrons. The SMILES string of the molecule is COCC(=O)OC(c1ncccc1S(=O)(=O)NC(=O)Nc1nc(OC)cc(OC)n1)C(C)F.COc1cc(OC)nc(NC(=O)NS(=O)(=O)c2c(-c3nnn(C)n3)cnn2C)n1. The van der Waals surface area contributed by atoms with Crippen LogP contribution in [0.25, 0.3) is 11.4 Å². The summed E-state index contributed by atoms with van der Waals surface area (Å²) >= 11 is 0. The van der Waals surface area contributed by atoms with Crippen molar-refractivity contribution in [3.63, 3.8) is 0 Å². The Balaban J connectivity index is 0.000000275. The van der Waals surface area contributed by atoms with E-state index in [4.69, 9.17) is 23.7 Å². The first kappa shape index (κ1) is 47.3. The molecule has 0 aromatic carbocycles. The minimum atomic E-state index is -4.60. The van der Waals surface area contributed by atoms with Gasteiger partial charge in [-0.3, -0.25) is 20.3 Å². The van der Waals surface area contributed by atoms with Gasteiger partial charge in [-0.25, -0.2) is 36.6 Å². The summed E-state index contributed by atoms with van der Waals surface area (Å²) in [6, 6.07) is 2.70. The average molecular weight is 912 g/mol. The molecular weight excluding hydrogens is 874 g/mol. The van der Waals surface area contributed by atoms with E-state index in [1.54, 1.807) is 4.72 Å². The number of urea groups is 2. The lowest BCUT2D eigenvalue weighted by atomic mass is 10.1. The number of ether oxygens (including phenoxy) is 6. The largest absolute Gasteiger partial charge is 0.481 e. The van der Waals surface area contributed by atoms with E-state index in [1.807, 2.05) is 4.72 Å². The predicted octanol–water partition coefficient (Wildman–Crippen LogP) is -0.0839. The molecule has 0 spiro atoms. The van der Waals surface area contributed by atoms with Crippen LogP contribution in [-0.4, -0.2) is 138 Å². The number of aryl methyl sites for hydroxylation is 2. The number of nitrogens with zero attached hydrogens (tertiary/aromatic N) is 11. The molecule has 0 aliphatic heterocycles. The third kappa shape index (κ3) is 12.3. The van der Waals surface area contributed by atoms with E-state index < -0.39 is 67.6 Å². The van der Waals surface area contributed by atoms with Gasteiger partial charge in [0.1, 0.15) is 23.4 Å². The number of halogens is 1. The monoisotopic (exact) mass is 911 g/mol. The van der Waals surface area contributed by atoms with Crippen LogP contribution in [0.5, 0.6) is 23.5 Å². The van der Waals surface area contributed by atoms with Gasteiger partial charge in [-0.15, -0.1) is 10.2 Å². The maximum absolute atomic E-state index is 14.2. The standard InChI is InChI=1S/C18H22FN5O8S.C13H16N10O5S/c1-10(19)16(32-14(25)9-29-2)15-11(6-5-7-20-15)33(27,28)24-18(26)23-17-21-12(30-3)8-13(22-17)31-4;1-22-11(7(6-14-22)10-18-21-23(2)19-10)29(25,26)20-13(24)17-12-15-8(27-3)5-9(16-12)28-4/h5-8,10,16H,9H2,1-4H3,(H2,21,22,23,24,26);5-6H,1-4H3,(H2,15,16,17,20,24). The van der Waals surface area contributed by atoms with Crippen molar-refractivity contribution >= 4 is 50.0 Å². The number of pyridine rings is 1. The van der Waals surface area contributed by atoms with Crippen molar-refractivity contribution in [2.45, 2.75) is 29.1 Å². The van der Waals surface area contributed by atoms with Crippen molar-refractivity contribution in [2.75, 3.05) is 52.8 Å². The topological polar surface area (TPSA) is 349 Å². The number of carbonyl (C=O) groups is 3. The number of rotatable bonds is 16. The van der Waals surface area contributed by atoms with Crippen molar-refractivity contribution in [1.29, 1.82) is 0 Å². The van der Waals surface area contributed by atoms with Gasteiger partial charge in [0.2, 0.25) is 41.2 Å². The lowest BCUT2D eigenvalue weighted by Gasteiger charge is -2.21. The van der Waals surface area contributed by atoms with Gasteiger partial charge < -0.3 is 28.4 Å². The first-order valence-electron chi connectivity index (χ1n) is 17.0. The Bertz CT molecular complexity index is 2570. The fourth-order valence-corrected chi connectivity index (χ4v) is 7.06. The van der Waals surface area contributed by atoms with Crippen LogP contribution in [-0.2, 0) is 48.4 Å². The lowest BCUT2D eigenvalue weighted by molar-refractivity contribution is -0.157. The summed E-state index contributed by atoms with van der Waals surface area (Å²) < 4.78 is 99.5. The van der Waals surface area contributed by atoms with Gasteiger partial charge in [0.25, 0.3) is 20.0 Å². The predicted molar refractivity (Wildman–Crippen MR) is 205 cm³/mol. The Morgan fingerprint density at radius 1 is 0.806 bits per heavy atom. The molecular formula is C31H38FN15O13S2. The number of amides is 4. The zero-order valence-electron chi connectivity index (χ0n) is 33.7. The summed E-state index contributed by atoms with van der Waals surface area (Å²) in [5.41, 5.74) is -0.350. The highest BCUT2D eigenvalue weighted by molar-refractivity contribution is 7.90. The number of aromatic nitrogens is 11. The zero-order chi connectivity index (χ0) is 45.8. The highest BCUT2D eigenvalue weighted by atomic mass is 32.2. The average Bonchev–Trinajstić information content (AvgIpc) is 3.84. The first-order chi connectivity index (χ1) is 29.3. The van der Waals surface area contributed by atoms with Crippen LogP contribution in [0.4, 0.5) is 25.9 Å². The van der Waals surface area contributed by atoms with Crippen LogP contribution < -0.4 is 39.0 Å². The molecule has 4 amide bonds. The summed E-state index contributed by atoms with van der Waals surface area (Å²) in [5.74, 6) is -1.13. The molecule has 62 heavy (non-hydrogen) atoms. The minimum Gasteiger partial charge on any atom is -0.481 e. The van der Waals surface area contributed by atoms with E-state index >= 15 is 0 Å². The highest BCUT2D eigenvalue weighted by Gasteiger charge is 2.33. The van der Waals surface area contributed by atoms with Crippen molar-refractivity contribution in [3.05, 3.63) is 42.4 Å². The molecule has 0 aliphatic rings. The van der Waals surface area contributed by atoms with Crippen LogP contribution >= 0.6 is 0 Å². The molecule has 0 radical (unpaired) electrons. The normalized spacial score (nSPS) is 12.1. The number of nitrogens with one attached hydrogen (secondary N) is 4. The second kappa shape index (κ2) is 20.7. The zero-order valence-corrected chi connectivity index (χ0v) is 35.4. The molecule has 2 unspecified atom stereocenters. The smallest absolute Gasteiger partial charge is 0.335 e. The number of hydrogen-bond acceptors (Lipinski definition) is 22. The number of hydrogen-bond donors (Lipinski definition) is 4. The minimum absolute atomic E-state index is 0.0299. The lowest BCUT2D eigenvalue weighted by Crippen LogP contribution is -2.36. The van der Waals surface area contributed by atoms with E-state index in [9.17, 15) is 35.6 Å². The van der Waals surface area contributed by atoms with Gasteiger partial charge in [0, 0.05) is 20.4 Å². The molecule has 5 heterocycles. The van der Waals surface area contributed by atoms with E-state index in [2.05, 4.69) is 60.8 Å². The molecule has 0 saturated heterocycles. The number of alkyl halides is 1. The summed E-state index contributed by atoms with van der Waals surface area (Å²) in [7, 11) is 0.547. The molecule has 4 N–H and O–H groups in total. The Kier molecular flexibility index (Phi) is 15.8. The van der Waals surface area contributed by atoms with Crippen LogP contribution in [0.3, 0.4) is 0 Å². The van der Waals surface area contributed by atoms with E-state index in [0.717, 1.165) is 22.5 Å². The van der Waals surface area contributed by atoms with Crippen LogP contribution in [0.1, 0.15) is 18.7 Å². The molecule has 0 aliphatic carbocycles. The van der Waals surface area contributed by atoms with Gasteiger partial charge in [0.05, 0.1) is 59.4 Å². The molecule has 5 aromatic rings. The van der Waals surface area contributed by atoms with Crippen molar-refractivity contribution in [3.8, 4) is 34.9 Å². The second-order valence-corrected chi connectivity index (χ2v) is 14.9. The Morgan fingerprint density at radius 3 is 1.77 bits per heavy atom. The number of anilines is 2. The van der Waals surface area contributed by atoms with Gasteiger partial charge in [-0.2, -0.15) is 38.2 Å². The molecule has 0 bridgehead atoms. The van der Waals surface area contributed by atoms with Gasteiger partial charge in [-0.05, 0) is 24.3 Å². The fourth-order valence-electron chi connectivity index (χ4n) is 4.73. The molecule has 5 aromatic heterocycles. The van der Waals surface area contributed by atoms with Crippen LogP contribution in [0.15, 0.2) is 46.6 Å². The number of tetrazole rings is 1. The molecule has 2 atom stereocenters. The quantitative estimate of drug-likeness (QED) is 0.0940. The van der Waals surface area contributed by atoms with E-state index in [-0.39, 0.29) is 51.8 Å². The molecule has 5 rings (SSSR count). The highest BCUT2D eigenvalue weighted by Crippen LogP contribution is 2.28. The van der Waals surface area contributed by atoms with Gasteiger partial charge >= 0.3 is 18.0 Å². The number of esters is 1. The van der Waals surface area contributed by atoms with Gasteiger partial charge in [-0.1, -0.05) is 0 Å². The summed E-state index contributed by atoms with van der Waals surface area (Å²) in [5, 5.41) is 19.3. The summed E-state index contributed by atoms with van der Waals surface area (Å²) in [4.78, 5) is 56.2. The van der Waals surface area contributed by atoms with Crippen LogP contribution in [0, 0.1) is 0 Å². The number of sulfonamides is 2.